The first-order valence-electron chi connectivity index (χ1n) is 9.94. The van der Waals surface area contributed by atoms with Gasteiger partial charge in [0.15, 0.2) is 0 Å². The van der Waals surface area contributed by atoms with Crippen LogP contribution in [0.15, 0.2) is 30.3 Å². The van der Waals surface area contributed by atoms with E-state index in [0.717, 1.165) is 64.1 Å². The van der Waals surface area contributed by atoms with Gasteiger partial charge >= 0.3 is 0 Å². The van der Waals surface area contributed by atoms with Gasteiger partial charge in [-0.3, -0.25) is 9.80 Å². The quantitative estimate of drug-likeness (QED) is 0.780. The van der Waals surface area contributed by atoms with Crippen molar-refractivity contribution < 1.29 is 5.11 Å². The number of hydrogen-bond donors (Lipinski definition) is 2. The average molecular weight is 344 g/mol. The van der Waals surface area contributed by atoms with Crippen molar-refractivity contribution in [3.8, 4) is 0 Å². The topological polar surface area (TPSA) is 50.6 Å². The molecule has 2 aliphatic rings. The molecule has 2 N–H and O–H groups in total. The summed E-state index contributed by atoms with van der Waals surface area (Å²) in [5, 5.41) is 19.2. The fourth-order valence-electron chi connectivity index (χ4n) is 4.60. The van der Waals surface area contributed by atoms with Gasteiger partial charge in [0.05, 0.1) is 0 Å². The minimum atomic E-state index is -0.738. The Hall–Kier alpha value is -1.23. The number of nitrogens with one attached hydrogen (secondary N) is 1. The van der Waals surface area contributed by atoms with E-state index in [1.54, 1.807) is 0 Å². The first-order valence-corrected chi connectivity index (χ1v) is 9.94. The molecule has 1 aromatic rings. The van der Waals surface area contributed by atoms with Crippen molar-refractivity contribution >= 4 is 6.21 Å². The Morgan fingerprint density at radius 2 is 1.64 bits per heavy atom. The highest BCUT2D eigenvalue weighted by Crippen LogP contribution is 2.40. The second-order valence-corrected chi connectivity index (χ2v) is 7.76. The summed E-state index contributed by atoms with van der Waals surface area (Å²) in [7, 11) is 0. The maximum absolute atomic E-state index is 11.8. The molecule has 1 aromatic carbocycles. The van der Waals surface area contributed by atoms with Gasteiger partial charge in [-0.1, -0.05) is 49.6 Å². The number of aliphatic hydroxyl groups is 1. The molecule has 138 valence electrons. The molecule has 25 heavy (non-hydrogen) atoms. The van der Waals surface area contributed by atoms with Crippen molar-refractivity contribution in [3.63, 3.8) is 0 Å². The molecule has 0 spiro atoms. The SMILES string of the molecule is N=CCN1CCCN(CC(O)(c2ccccc2)C2CCCCC2)CC1. The van der Waals surface area contributed by atoms with Crippen LogP contribution in [0.3, 0.4) is 0 Å². The Balaban J connectivity index is 1.74. The third kappa shape index (κ3) is 4.69. The van der Waals surface area contributed by atoms with Crippen LogP contribution >= 0.6 is 0 Å². The fourth-order valence-corrected chi connectivity index (χ4v) is 4.60. The molecule has 0 bridgehead atoms. The summed E-state index contributed by atoms with van der Waals surface area (Å²) in [4.78, 5) is 4.79. The van der Waals surface area contributed by atoms with E-state index in [1.807, 2.05) is 6.07 Å². The highest BCUT2D eigenvalue weighted by molar-refractivity contribution is 5.55. The fraction of sp³-hybridized carbons (Fsp3) is 0.667. The lowest BCUT2D eigenvalue weighted by Crippen LogP contribution is -2.47. The van der Waals surface area contributed by atoms with Gasteiger partial charge in [0.2, 0.25) is 0 Å². The number of hydrogen-bond acceptors (Lipinski definition) is 4. The van der Waals surface area contributed by atoms with Crippen molar-refractivity contribution in [2.45, 2.75) is 44.1 Å². The van der Waals surface area contributed by atoms with Gasteiger partial charge in [0, 0.05) is 32.4 Å². The van der Waals surface area contributed by atoms with E-state index in [9.17, 15) is 5.11 Å². The Morgan fingerprint density at radius 3 is 2.36 bits per heavy atom. The zero-order valence-corrected chi connectivity index (χ0v) is 15.4. The summed E-state index contributed by atoms with van der Waals surface area (Å²) in [6.07, 6.45) is 8.68. The molecule has 2 fully saturated rings. The van der Waals surface area contributed by atoms with Crippen LogP contribution in [0.1, 0.15) is 44.1 Å². The Bertz CT molecular complexity index is 529. The van der Waals surface area contributed by atoms with Gasteiger partial charge in [0.1, 0.15) is 5.60 Å². The summed E-state index contributed by atoms with van der Waals surface area (Å²) in [5.41, 5.74) is 0.348. The summed E-state index contributed by atoms with van der Waals surface area (Å²) >= 11 is 0. The molecule has 4 heteroatoms. The lowest BCUT2D eigenvalue weighted by atomic mass is 9.73. The maximum atomic E-state index is 11.8. The summed E-state index contributed by atoms with van der Waals surface area (Å²) in [6.45, 7) is 5.55. The van der Waals surface area contributed by atoms with Gasteiger partial charge in [-0.25, -0.2) is 0 Å². The monoisotopic (exact) mass is 343 g/mol. The predicted molar refractivity (Wildman–Crippen MR) is 103 cm³/mol. The van der Waals surface area contributed by atoms with Crippen molar-refractivity contribution in [1.82, 2.24) is 9.80 Å². The molecule has 0 aromatic heterocycles. The van der Waals surface area contributed by atoms with Crippen molar-refractivity contribution in [1.29, 1.82) is 5.41 Å². The standard InChI is InChI=1S/C21H33N3O/c22-12-15-23-13-7-14-24(17-16-23)18-21(25,19-8-3-1-4-9-19)20-10-5-2-6-11-20/h1,3-4,8-9,12,20,22,25H,2,5-7,10-11,13-18H2. The lowest BCUT2D eigenvalue weighted by molar-refractivity contribution is -0.0633. The minimum absolute atomic E-state index is 0.365. The highest BCUT2D eigenvalue weighted by Gasteiger charge is 2.40. The molecule has 1 aliphatic heterocycles. The first-order chi connectivity index (χ1) is 12.2. The van der Waals surface area contributed by atoms with Gasteiger partial charge in [0.25, 0.3) is 0 Å². The van der Waals surface area contributed by atoms with Crippen LogP contribution in [0.25, 0.3) is 0 Å². The molecule has 3 rings (SSSR count). The van der Waals surface area contributed by atoms with E-state index in [2.05, 4.69) is 34.1 Å². The summed E-state index contributed by atoms with van der Waals surface area (Å²) in [6, 6.07) is 10.3. The van der Waals surface area contributed by atoms with Gasteiger partial charge in [-0.2, -0.15) is 0 Å². The smallest absolute Gasteiger partial charge is 0.105 e. The number of nitrogens with zero attached hydrogens (tertiary/aromatic N) is 2. The van der Waals surface area contributed by atoms with E-state index in [4.69, 9.17) is 5.41 Å². The zero-order chi connectivity index (χ0) is 17.5. The maximum Gasteiger partial charge on any atom is 0.105 e. The van der Waals surface area contributed by atoms with Crippen LogP contribution in [-0.2, 0) is 5.60 Å². The largest absolute Gasteiger partial charge is 0.384 e. The van der Waals surface area contributed by atoms with E-state index in [-0.39, 0.29) is 0 Å². The van der Waals surface area contributed by atoms with Crippen molar-refractivity contribution in [2.75, 3.05) is 39.3 Å². The van der Waals surface area contributed by atoms with Crippen molar-refractivity contribution in [2.24, 2.45) is 5.92 Å². The highest BCUT2D eigenvalue weighted by atomic mass is 16.3. The predicted octanol–water partition coefficient (Wildman–Crippen LogP) is 3.11. The summed E-state index contributed by atoms with van der Waals surface area (Å²) < 4.78 is 0. The molecular formula is C21H33N3O. The van der Waals surface area contributed by atoms with Crippen LogP contribution in [0.2, 0.25) is 0 Å². The molecule has 0 amide bonds. The molecule has 1 atom stereocenters. The Labute approximate surface area is 152 Å². The van der Waals surface area contributed by atoms with Crippen LogP contribution < -0.4 is 0 Å². The Morgan fingerprint density at radius 1 is 0.960 bits per heavy atom. The third-order valence-corrected chi connectivity index (χ3v) is 6.05. The van der Waals surface area contributed by atoms with Crippen molar-refractivity contribution in [3.05, 3.63) is 35.9 Å². The third-order valence-electron chi connectivity index (χ3n) is 6.05. The molecule has 1 unspecified atom stereocenters. The average Bonchev–Trinajstić information content (AvgIpc) is 2.88. The van der Waals surface area contributed by atoms with E-state index in [0.29, 0.717) is 5.92 Å². The van der Waals surface area contributed by atoms with Crippen LogP contribution in [-0.4, -0.2) is 60.4 Å². The van der Waals surface area contributed by atoms with Crippen LogP contribution in [0, 0.1) is 11.3 Å². The first kappa shape index (κ1) is 18.6. The molecule has 1 aliphatic carbocycles. The zero-order valence-electron chi connectivity index (χ0n) is 15.4. The van der Waals surface area contributed by atoms with E-state index >= 15 is 0 Å². The molecule has 1 saturated heterocycles. The molecule has 1 heterocycles. The van der Waals surface area contributed by atoms with E-state index in [1.165, 1.54) is 25.5 Å². The molecule has 1 saturated carbocycles. The minimum Gasteiger partial charge on any atom is -0.384 e. The summed E-state index contributed by atoms with van der Waals surface area (Å²) in [5.74, 6) is 0.365. The normalized spacial score (nSPS) is 23.7. The number of benzene rings is 1. The molecular weight excluding hydrogens is 310 g/mol. The van der Waals surface area contributed by atoms with Crippen LogP contribution in [0.5, 0.6) is 0 Å². The van der Waals surface area contributed by atoms with Gasteiger partial charge in [-0.15, -0.1) is 0 Å². The van der Waals surface area contributed by atoms with Gasteiger partial charge in [-0.05, 0) is 43.8 Å². The molecule has 0 radical (unpaired) electrons. The lowest BCUT2D eigenvalue weighted by Gasteiger charge is -2.42. The van der Waals surface area contributed by atoms with Gasteiger partial charge < -0.3 is 10.5 Å². The second kappa shape index (κ2) is 8.93. The van der Waals surface area contributed by atoms with Crippen LogP contribution in [0.4, 0.5) is 0 Å². The number of β-amino-alcohol motifs (C(OH)–C–C–N with tert-alkyl or cyclic N) is 1. The molecule has 4 nitrogen and oxygen atoms in total. The number of rotatable bonds is 6. The second-order valence-electron chi connectivity index (χ2n) is 7.76. The van der Waals surface area contributed by atoms with E-state index < -0.39 is 5.60 Å². The Kier molecular flexibility index (Phi) is 6.63.